The van der Waals surface area contributed by atoms with Crippen molar-refractivity contribution in [2.45, 2.75) is 13.0 Å². The van der Waals surface area contributed by atoms with Crippen LogP contribution in [0.4, 0.5) is 5.69 Å². The van der Waals surface area contributed by atoms with Gasteiger partial charge < -0.3 is 9.88 Å². The zero-order chi connectivity index (χ0) is 14.1. The molecule has 0 saturated heterocycles. The van der Waals surface area contributed by atoms with Crippen LogP contribution in [0, 0.1) is 0 Å². The van der Waals surface area contributed by atoms with Gasteiger partial charge in [-0.25, -0.2) is 15.0 Å². The van der Waals surface area contributed by atoms with Crippen LogP contribution in [0.3, 0.4) is 0 Å². The number of benzene rings is 1. The third-order valence-corrected chi connectivity index (χ3v) is 3.81. The molecule has 0 radical (unpaired) electrons. The van der Waals surface area contributed by atoms with Gasteiger partial charge in [-0.15, -0.1) is 0 Å². The molecular formula is C16H15N5. The molecule has 5 heteroatoms. The van der Waals surface area contributed by atoms with Gasteiger partial charge in [0, 0.05) is 36.4 Å². The Bertz CT molecular complexity index is 737. The second kappa shape index (κ2) is 5.01. The molecule has 1 aromatic carbocycles. The lowest BCUT2D eigenvalue weighted by Crippen LogP contribution is -2.19. The summed E-state index contributed by atoms with van der Waals surface area (Å²) in [6, 6.07) is 8.31. The summed E-state index contributed by atoms with van der Waals surface area (Å²) in [7, 11) is 0. The number of H-pyrrole nitrogens is 1. The van der Waals surface area contributed by atoms with Crippen LogP contribution in [-0.2, 0) is 13.0 Å². The summed E-state index contributed by atoms with van der Waals surface area (Å²) in [5.74, 6) is 0.770. The van der Waals surface area contributed by atoms with Crippen molar-refractivity contribution in [3.05, 3.63) is 60.4 Å². The highest BCUT2D eigenvalue weighted by atomic mass is 15.2. The van der Waals surface area contributed by atoms with E-state index in [0.717, 1.165) is 36.6 Å². The van der Waals surface area contributed by atoms with Crippen LogP contribution in [0.15, 0.2) is 49.2 Å². The Morgan fingerprint density at radius 1 is 1.14 bits per heavy atom. The average Bonchev–Trinajstić information content (AvgIpc) is 3.19. The van der Waals surface area contributed by atoms with E-state index in [9.17, 15) is 0 Å². The fraction of sp³-hybridized carbons (Fsp3) is 0.188. The number of fused-ring (bicyclic) bond motifs is 1. The summed E-state index contributed by atoms with van der Waals surface area (Å²) in [5, 5.41) is 0. The second-order valence-corrected chi connectivity index (χ2v) is 5.15. The lowest BCUT2D eigenvalue weighted by Gasteiger charge is -2.18. The van der Waals surface area contributed by atoms with Crippen LogP contribution in [0.2, 0.25) is 0 Å². The van der Waals surface area contributed by atoms with Crippen LogP contribution >= 0.6 is 0 Å². The first-order valence-corrected chi connectivity index (χ1v) is 7.03. The van der Waals surface area contributed by atoms with E-state index < -0.39 is 0 Å². The molecule has 0 amide bonds. The largest absolute Gasteiger partial charge is 0.365 e. The van der Waals surface area contributed by atoms with Crippen LogP contribution in [-0.4, -0.2) is 26.5 Å². The van der Waals surface area contributed by atoms with E-state index in [-0.39, 0.29) is 0 Å². The first kappa shape index (κ1) is 12.1. The molecule has 5 nitrogen and oxygen atoms in total. The van der Waals surface area contributed by atoms with E-state index in [1.54, 1.807) is 18.7 Å². The van der Waals surface area contributed by atoms with Crippen molar-refractivity contribution in [2.24, 2.45) is 0 Å². The zero-order valence-corrected chi connectivity index (χ0v) is 11.5. The summed E-state index contributed by atoms with van der Waals surface area (Å²) in [6.45, 7) is 1.86. The summed E-state index contributed by atoms with van der Waals surface area (Å²) in [6.07, 6.45) is 8.30. The predicted molar refractivity (Wildman–Crippen MR) is 80.8 cm³/mol. The van der Waals surface area contributed by atoms with Gasteiger partial charge in [0.25, 0.3) is 0 Å². The molecule has 0 unspecified atom stereocenters. The number of hydrogen-bond acceptors (Lipinski definition) is 4. The van der Waals surface area contributed by atoms with E-state index in [4.69, 9.17) is 0 Å². The Labute approximate surface area is 122 Å². The molecule has 2 aromatic heterocycles. The number of anilines is 1. The number of nitrogens with one attached hydrogen (secondary N) is 1. The smallest absolute Gasteiger partial charge is 0.159 e. The van der Waals surface area contributed by atoms with E-state index in [2.05, 4.69) is 43.0 Å². The third-order valence-electron chi connectivity index (χ3n) is 3.81. The van der Waals surface area contributed by atoms with E-state index in [1.807, 2.05) is 12.3 Å². The fourth-order valence-electron chi connectivity index (χ4n) is 2.77. The van der Waals surface area contributed by atoms with Gasteiger partial charge in [0.15, 0.2) is 5.82 Å². The maximum absolute atomic E-state index is 4.33. The minimum Gasteiger partial charge on any atom is -0.365 e. The van der Waals surface area contributed by atoms with Gasteiger partial charge in [-0.3, -0.25) is 0 Å². The highest BCUT2D eigenvalue weighted by Crippen LogP contribution is 2.32. The normalized spacial score (nSPS) is 13.4. The highest BCUT2D eigenvalue weighted by Gasteiger charge is 2.20. The summed E-state index contributed by atoms with van der Waals surface area (Å²) in [5.41, 5.74) is 4.76. The Morgan fingerprint density at radius 3 is 2.86 bits per heavy atom. The van der Waals surface area contributed by atoms with Gasteiger partial charge >= 0.3 is 0 Å². The zero-order valence-electron chi connectivity index (χ0n) is 11.5. The SMILES string of the molecule is c1cnc(-c2ccc3c(c2)N(Cc2c[nH]cn2)CC3)nc1. The molecule has 3 heterocycles. The molecule has 21 heavy (non-hydrogen) atoms. The quantitative estimate of drug-likeness (QED) is 0.799. The molecule has 3 aromatic rings. The number of hydrogen-bond donors (Lipinski definition) is 1. The molecule has 0 bridgehead atoms. The Hall–Kier alpha value is -2.69. The van der Waals surface area contributed by atoms with Gasteiger partial charge in [-0.1, -0.05) is 12.1 Å². The van der Waals surface area contributed by atoms with Crippen molar-refractivity contribution in [3.8, 4) is 11.4 Å². The number of imidazole rings is 1. The van der Waals surface area contributed by atoms with Crippen molar-refractivity contribution < 1.29 is 0 Å². The Kier molecular flexibility index (Phi) is 2.88. The van der Waals surface area contributed by atoms with Crippen molar-refractivity contribution >= 4 is 5.69 Å². The third kappa shape index (κ3) is 2.27. The maximum Gasteiger partial charge on any atom is 0.159 e. The summed E-state index contributed by atoms with van der Waals surface area (Å²) in [4.78, 5) is 18.3. The molecular weight excluding hydrogens is 262 g/mol. The van der Waals surface area contributed by atoms with Crippen LogP contribution in [0.1, 0.15) is 11.3 Å². The molecule has 0 fully saturated rings. The van der Waals surface area contributed by atoms with E-state index in [0.29, 0.717) is 0 Å². The summed E-state index contributed by atoms with van der Waals surface area (Å²) >= 11 is 0. The lowest BCUT2D eigenvalue weighted by atomic mass is 10.1. The highest BCUT2D eigenvalue weighted by molar-refractivity contribution is 5.68. The van der Waals surface area contributed by atoms with Crippen LogP contribution in [0.25, 0.3) is 11.4 Å². The second-order valence-electron chi connectivity index (χ2n) is 5.15. The number of aromatic amines is 1. The topological polar surface area (TPSA) is 57.7 Å². The molecule has 0 aliphatic carbocycles. The Balaban J connectivity index is 1.67. The minimum absolute atomic E-state index is 0.770. The van der Waals surface area contributed by atoms with Gasteiger partial charge in [-0.05, 0) is 24.1 Å². The van der Waals surface area contributed by atoms with Crippen molar-refractivity contribution in [1.82, 2.24) is 19.9 Å². The molecule has 1 aliphatic heterocycles. The van der Waals surface area contributed by atoms with Crippen molar-refractivity contribution in [3.63, 3.8) is 0 Å². The molecule has 104 valence electrons. The summed E-state index contributed by atoms with van der Waals surface area (Å²) < 4.78 is 0. The fourth-order valence-corrected chi connectivity index (χ4v) is 2.77. The van der Waals surface area contributed by atoms with Crippen LogP contribution in [0.5, 0.6) is 0 Å². The van der Waals surface area contributed by atoms with Gasteiger partial charge in [-0.2, -0.15) is 0 Å². The minimum atomic E-state index is 0.770. The van der Waals surface area contributed by atoms with E-state index >= 15 is 0 Å². The van der Waals surface area contributed by atoms with Crippen LogP contribution < -0.4 is 4.90 Å². The monoisotopic (exact) mass is 277 g/mol. The average molecular weight is 277 g/mol. The Morgan fingerprint density at radius 2 is 2.05 bits per heavy atom. The number of nitrogens with zero attached hydrogens (tertiary/aromatic N) is 4. The molecule has 0 spiro atoms. The molecule has 1 aliphatic rings. The molecule has 1 N–H and O–H groups in total. The lowest BCUT2D eigenvalue weighted by molar-refractivity contribution is 0.819. The maximum atomic E-state index is 4.33. The molecule has 0 atom stereocenters. The standard InChI is InChI=1S/C16H15N5/c1-5-18-16(19-6-1)13-3-2-12-4-7-21(15(12)8-13)10-14-9-17-11-20-14/h1-3,5-6,8-9,11H,4,7,10H2,(H,17,20). The molecule has 0 saturated carbocycles. The van der Waals surface area contributed by atoms with E-state index in [1.165, 1.54) is 11.3 Å². The number of rotatable bonds is 3. The van der Waals surface area contributed by atoms with Crippen molar-refractivity contribution in [1.29, 1.82) is 0 Å². The number of aromatic nitrogens is 4. The van der Waals surface area contributed by atoms with Gasteiger partial charge in [0.1, 0.15) is 0 Å². The van der Waals surface area contributed by atoms with Gasteiger partial charge in [0.05, 0.1) is 18.6 Å². The predicted octanol–water partition coefficient (Wildman–Crippen LogP) is 2.43. The van der Waals surface area contributed by atoms with Gasteiger partial charge in [0.2, 0.25) is 0 Å². The van der Waals surface area contributed by atoms with Crippen molar-refractivity contribution in [2.75, 3.05) is 11.4 Å². The first-order chi connectivity index (χ1) is 10.4. The first-order valence-electron chi connectivity index (χ1n) is 7.03. The molecule has 4 rings (SSSR count).